The van der Waals surface area contributed by atoms with Gasteiger partial charge in [0.2, 0.25) is 0 Å². The van der Waals surface area contributed by atoms with E-state index in [4.69, 9.17) is 9.15 Å². The van der Waals surface area contributed by atoms with Crippen LogP contribution in [-0.2, 0) is 6.54 Å². The van der Waals surface area contributed by atoms with E-state index in [0.717, 1.165) is 23.9 Å². The van der Waals surface area contributed by atoms with Gasteiger partial charge in [-0.15, -0.1) is 12.4 Å². The summed E-state index contributed by atoms with van der Waals surface area (Å²) in [7, 11) is 2.07. The summed E-state index contributed by atoms with van der Waals surface area (Å²) in [5.74, 6) is 0.703. The number of ether oxygens (including phenoxy) is 1. The Balaban J connectivity index is 0.00000225. The molecule has 0 aliphatic heterocycles. The molecule has 28 heavy (non-hydrogen) atoms. The van der Waals surface area contributed by atoms with Crippen LogP contribution in [0.2, 0.25) is 0 Å². The minimum atomic E-state index is -0.321. The van der Waals surface area contributed by atoms with Gasteiger partial charge in [0.05, 0.1) is 5.39 Å². The lowest BCUT2D eigenvalue weighted by molar-refractivity contribution is 0.233. The van der Waals surface area contributed by atoms with Crippen molar-refractivity contribution in [2.75, 3.05) is 20.2 Å². The van der Waals surface area contributed by atoms with E-state index in [0.29, 0.717) is 23.3 Å². The molecule has 0 fully saturated rings. The van der Waals surface area contributed by atoms with Gasteiger partial charge in [-0.25, -0.2) is 4.79 Å². The molecule has 0 spiro atoms. The molecule has 144 valence electrons. The molecule has 4 nitrogen and oxygen atoms in total. The lowest BCUT2D eigenvalue weighted by Gasteiger charge is -2.17. The Hall–Kier alpha value is -2.82. The number of rotatable bonds is 6. The van der Waals surface area contributed by atoms with Crippen LogP contribution < -0.4 is 10.4 Å². The van der Waals surface area contributed by atoms with Crippen LogP contribution >= 0.6 is 12.4 Å². The van der Waals surface area contributed by atoms with Crippen LogP contribution in [0.1, 0.15) is 5.56 Å². The predicted molar refractivity (Wildman–Crippen MR) is 116 cm³/mol. The maximum absolute atomic E-state index is 12.2. The van der Waals surface area contributed by atoms with Crippen LogP contribution in [0.5, 0.6) is 5.75 Å². The normalized spacial score (nSPS) is 10.9. The Bertz CT molecular complexity index is 1120. The second-order valence-corrected chi connectivity index (χ2v) is 6.66. The first-order valence-electron chi connectivity index (χ1n) is 9.01. The van der Waals surface area contributed by atoms with Gasteiger partial charge in [0.15, 0.2) is 0 Å². The Morgan fingerprint density at radius 1 is 0.893 bits per heavy atom. The van der Waals surface area contributed by atoms with Crippen molar-refractivity contribution in [3.05, 3.63) is 88.8 Å². The largest absolute Gasteiger partial charge is 0.492 e. The molecule has 0 atom stereocenters. The van der Waals surface area contributed by atoms with Crippen molar-refractivity contribution >= 4 is 34.1 Å². The molecule has 5 heteroatoms. The number of likely N-dealkylation sites (N-methyl/N-ethyl adjacent to an activating group) is 1. The van der Waals surface area contributed by atoms with Crippen LogP contribution in [0.25, 0.3) is 21.7 Å². The standard InChI is InChI=1S/C23H21NO3.ClH/c1-24(16-17-7-3-2-4-8-17)13-14-26-18-11-12-20-19-9-5-6-10-21(19)23(25)27-22(20)15-18;/h2-12,15H,13-14,16H2,1H3;1H. The molecule has 0 saturated carbocycles. The van der Waals surface area contributed by atoms with Gasteiger partial charge in [0.25, 0.3) is 0 Å². The topological polar surface area (TPSA) is 42.7 Å². The monoisotopic (exact) mass is 395 g/mol. The van der Waals surface area contributed by atoms with Gasteiger partial charge in [0.1, 0.15) is 17.9 Å². The molecule has 1 aromatic heterocycles. The van der Waals surface area contributed by atoms with Crippen molar-refractivity contribution in [3.8, 4) is 5.75 Å². The highest BCUT2D eigenvalue weighted by atomic mass is 35.5. The SMILES string of the molecule is CN(CCOc1ccc2c(c1)oc(=O)c1ccccc12)Cc1ccccc1.Cl. The van der Waals surface area contributed by atoms with Crippen molar-refractivity contribution in [2.45, 2.75) is 6.54 Å². The maximum atomic E-state index is 12.2. The summed E-state index contributed by atoms with van der Waals surface area (Å²) in [4.78, 5) is 14.4. The van der Waals surface area contributed by atoms with Crippen LogP contribution in [0.4, 0.5) is 0 Å². The van der Waals surface area contributed by atoms with E-state index in [-0.39, 0.29) is 18.0 Å². The Labute approximate surface area is 169 Å². The van der Waals surface area contributed by atoms with Crippen LogP contribution in [0, 0.1) is 0 Å². The van der Waals surface area contributed by atoms with E-state index in [9.17, 15) is 4.79 Å². The smallest absolute Gasteiger partial charge is 0.344 e. The van der Waals surface area contributed by atoms with Gasteiger partial charge in [-0.3, -0.25) is 4.90 Å². The third kappa shape index (κ3) is 4.35. The Morgan fingerprint density at radius 2 is 1.61 bits per heavy atom. The van der Waals surface area contributed by atoms with E-state index in [2.05, 4.69) is 24.1 Å². The van der Waals surface area contributed by atoms with Crippen LogP contribution in [0.3, 0.4) is 0 Å². The zero-order valence-electron chi connectivity index (χ0n) is 15.6. The number of halogens is 1. The molecule has 0 saturated heterocycles. The third-order valence-electron chi connectivity index (χ3n) is 4.63. The number of hydrogen-bond acceptors (Lipinski definition) is 4. The van der Waals surface area contributed by atoms with Gasteiger partial charge < -0.3 is 9.15 Å². The van der Waals surface area contributed by atoms with Gasteiger partial charge in [-0.05, 0) is 36.2 Å². The van der Waals surface area contributed by atoms with E-state index >= 15 is 0 Å². The first kappa shape index (κ1) is 19.9. The first-order chi connectivity index (χ1) is 13.2. The summed E-state index contributed by atoms with van der Waals surface area (Å²) >= 11 is 0. The molecule has 0 unspecified atom stereocenters. The fraction of sp³-hybridized carbons (Fsp3) is 0.174. The predicted octanol–water partition coefficient (Wildman–Crippen LogP) is 4.88. The summed E-state index contributed by atoms with van der Waals surface area (Å²) < 4.78 is 11.3. The fourth-order valence-corrected chi connectivity index (χ4v) is 3.24. The highest BCUT2D eigenvalue weighted by molar-refractivity contribution is 6.04. The minimum Gasteiger partial charge on any atom is -0.492 e. The molecule has 1 heterocycles. The maximum Gasteiger partial charge on any atom is 0.344 e. The first-order valence-corrected chi connectivity index (χ1v) is 9.01. The number of hydrogen-bond donors (Lipinski definition) is 0. The van der Waals surface area contributed by atoms with E-state index in [1.54, 1.807) is 12.1 Å². The van der Waals surface area contributed by atoms with Gasteiger partial charge in [-0.2, -0.15) is 0 Å². The van der Waals surface area contributed by atoms with Crippen molar-refractivity contribution in [2.24, 2.45) is 0 Å². The summed E-state index contributed by atoms with van der Waals surface area (Å²) in [6, 6.07) is 23.5. The molecule has 0 aliphatic rings. The van der Waals surface area contributed by atoms with Crippen LogP contribution in [0.15, 0.2) is 82.0 Å². The van der Waals surface area contributed by atoms with Crippen molar-refractivity contribution < 1.29 is 9.15 Å². The molecule has 0 aliphatic carbocycles. The molecule has 0 bridgehead atoms. The van der Waals surface area contributed by atoms with Gasteiger partial charge in [0, 0.05) is 24.5 Å². The van der Waals surface area contributed by atoms with Crippen LogP contribution in [-0.4, -0.2) is 25.1 Å². The summed E-state index contributed by atoms with van der Waals surface area (Å²) in [6.45, 7) is 2.24. The molecule has 4 rings (SSSR count). The Kier molecular flexibility index (Phi) is 6.34. The highest BCUT2D eigenvalue weighted by Gasteiger charge is 2.08. The second-order valence-electron chi connectivity index (χ2n) is 6.66. The summed E-state index contributed by atoms with van der Waals surface area (Å²) in [6.07, 6.45) is 0. The summed E-state index contributed by atoms with van der Waals surface area (Å²) in [5.41, 5.74) is 1.51. The molecular formula is C23H22ClNO3. The molecule has 3 aromatic carbocycles. The van der Waals surface area contributed by atoms with Gasteiger partial charge >= 0.3 is 5.63 Å². The molecule has 4 aromatic rings. The average molecular weight is 396 g/mol. The zero-order valence-corrected chi connectivity index (χ0v) is 16.4. The van der Waals surface area contributed by atoms with Crippen molar-refractivity contribution in [1.82, 2.24) is 4.90 Å². The number of benzene rings is 3. The number of nitrogens with zero attached hydrogens (tertiary/aromatic N) is 1. The lowest BCUT2D eigenvalue weighted by Crippen LogP contribution is -2.23. The molecule has 0 radical (unpaired) electrons. The highest BCUT2D eigenvalue weighted by Crippen LogP contribution is 2.26. The van der Waals surface area contributed by atoms with E-state index < -0.39 is 0 Å². The summed E-state index contributed by atoms with van der Waals surface area (Å²) in [5, 5.41) is 2.41. The number of fused-ring (bicyclic) bond motifs is 3. The third-order valence-corrected chi connectivity index (χ3v) is 4.63. The zero-order chi connectivity index (χ0) is 18.6. The second kappa shape index (κ2) is 8.91. The average Bonchev–Trinajstić information content (AvgIpc) is 2.69. The van der Waals surface area contributed by atoms with Gasteiger partial charge in [-0.1, -0.05) is 48.5 Å². The quantitative estimate of drug-likeness (QED) is 0.345. The van der Waals surface area contributed by atoms with E-state index in [1.165, 1.54) is 5.56 Å². The lowest BCUT2D eigenvalue weighted by atomic mass is 10.1. The fourth-order valence-electron chi connectivity index (χ4n) is 3.24. The molecular weight excluding hydrogens is 374 g/mol. The van der Waals surface area contributed by atoms with E-state index in [1.807, 2.05) is 48.5 Å². The molecule has 0 N–H and O–H groups in total. The minimum absolute atomic E-state index is 0. The molecule has 0 amide bonds. The Morgan fingerprint density at radius 3 is 2.39 bits per heavy atom. The van der Waals surface area contributed by atoms with Crippen molar-refractivity contribution in [1.29, 1.82) is 0 Å². The van der Waals surface area contributed by atoms with Crippen molar-refractivity contribution in [3.63, 3.8) is 0 Å².